The molecule has 2 aromatic heterocycles. The van der Waals surface area contributed by atoms with E-state index in [0.717, 1.165) is 32.7 Å². The van der Waals surface area contributed by atoms with E-state index in [0.29, 0.717) is 19.0 Å². The molecule has 1 aliphatic rings. The Balaban J connectivity index is 1.58. The third-order valence-corrected chi connectivity index (χ3v) is 7.96. The second-order valence-corrected chi connectivity index (χ2v) is 11.1. The van der Waals surface area contributed by atoms with E-state index in [9.17, 15) is 13.2 Å². The van der Waals surface area contributed by atoms with E-state index in [1.807, 2.05) is 30.7 Å². The molecule has 1 aromatic carbocycles. The summed E-state index contributed by atoms with van der Waals surface area (Å²) in [6.07, 6.45) is 4.94. The molecular weight excluding hydrogens is 529 g/mol. The van der Waals surface area contributed by atoms with Gasteiger partial charge >= 0.3 is 0 Å². The Kier molecular flexibility index (Phi) is 6.36. The third kappa shape index (κ3) is 4.49. The molecule has 1 fully saturated rings. The van der Waals surface area contributed by atoms with Crippen LogP contribution in [0, 0.1) is 3.57 Å². The second kappa shape index (κ2) is 8.87. The minimum Gasteiger partial charge on any atom is -0.475 e. The monoisotopic (exact) mass is 553 g/mol. The highest BCUT2D eigenvalue weighted by molar-refractivity contribution is 14.1. The summed E-state index contributed by atoms with van der Waals surface area (Å²) in [6, 6.07) is 9.29. The Morgan fingerprint density at radius 1 is 1.29 bits per heavy atom. The van der Waals surface area contributed by atoms with Gasteiger partial charge in [0.2, 0.25) is 15.9 Å². The molecule has 0 aliphatic carbocycles. The van der Waals surface area contributed by atoms with Crippen LogP contribution in [-0.4, -0.2) is 47.8 Å². The highest BCUT2D eigenvalue weighted by Gasteiger charge is 2.34. The van der Waals surface area contributed by atoms with Crippen molar-refractivity contribution < 1.29 is 17.9 Å². The summed E-state index contributed by atoms with van der Waals surface area (Å²) >= 11 is 2.26. The number of sulfonamides is 1. The molecule has 164 valence electrons. The van der Waals surface area contributed by atoms with Gasteiger partial charge in [-0.3, -0.25) is 0 Å². The summed E-state index contributed by atoms with van der Waals surface area (Å²) in [5.74, 6) is 0.479. The predicted octanol–water partition coefficient (Wildman–Crippen LogP) is 3.81. The lowest BCUT2D eigenvalue weighted by Gasteiger charge is -2.17. The molecule has 0 saturated carbocycles. The number of pyridine rings is 1. The smallest absolute Gasteiger partial charge is 0.244 e. The number of nitrogens with zero attached hydrogens (tertiary/aromatic N) is 3. The third-order valence-electron chi connectivity index (χ3n) is 5.44. The molecule has 0 N–H and O–H groups in total. The predicted molar refractivity (Wildman–Crippen MR) is 127 cm³/mol. The van der Waals surface area contributed by atoms with Crippen LogP contribution in [-0.2, 0) is 21.4 Å². The average molecular weight is 553 g/mol. The normalized spacial score (nSPS) is 17.5. The summed E-state index contributed by atoms with van der Waals surface area (Å²) in [6.45, 7) is 4.91. The molecule has 1 unspecified atom stereocenters. The molecular formula is C22H24IN3O4S. The molecule has 1 saturated heterocycles. The van der Waals surface area contributed by atoms with Crippen LogP contribution in [0.4, 0.5) is 0 Å². The van der Waals surface area contributed by atoms with Crippen LogP contribution < -0.4 is 4.74 Å². The average Bonchev–Trinajstić information content (AvgIpc) is 3.34. The fourth-order valence-corrected chi connectivity index (χ4v) is 5.95. The van der Waals surface area contributed by atoms with Gasteiger partial charge in [-0.2, -0.15) is 4.31 Å². The first-order valence-electron chi connectivity index (χ1n) is 10.1. The molecule has 3 heterocycles. The largest absolute Gasteiger partial charge is 0.475 e. The summed E-state index contributed by atoms with van der Waals surface area (Å²) < 4.78 is 36.4. The number of aldehydes is 1. The van der Waals surface area contributed by atoms with E-state index >= 15 is 0 Å². The van der Waals surface area contributed by atoms with Gasteiger partial charge in [0.05, 0.1) is 18.8 Å². The molecule has 0 spiro atoms. The first kappa shape index (κ1) is 22.2. The Bertz CT molecular complexity index is 1210. The maximum absolute atomic E-state index is 13.2. The van der Waals surface area contributed by atoms with Crippen molar-refractivity contribution in [2.24, 2.45) is 0 Å². The zero-order valence-electron chi connectivity index (χ0n) is 17.4. The quantitative estimate of drug-likeness (QED) is 0.329. The first-order valence-corrected chi connectivity index (χ1v) is 12.7. The second-order valence-electron chi connectivity index (χ2n) is 7.91. The first-order chi connectivity index (χ1) is 14.8. The Morgan fingerprint density at radius 3 is 2.77 bits per heavy atom. The zero-order valence-corrected chi connectivity index (χ0v) is 20.3. The number of carbonyl (C=O) groups excluding carboxylic acids is 1. The number of carbonyl (C=O) groups is 1. The number of benzene rings is 1. The Labute approximate surface area is 195 Å². The minimum absolute atomic E-state index is 0.0288. The molecule has 9 heteroatoms. The van der Waals surface area contributed by atoms with Crippen LogP contribution >= 0.6 is 22.6 Å². The molecule has 0 radical (unpaired) electrons. The van der Waals surface area contributed by atoms with Crippen molar-refractivity contribution in [1.82, 2.24) is 13.9 Å². The lowest BCUT2D eigenvalue weighted by Crippen LogP contribution is -2.28. The summed E-state index contributed by atoms with van der Waals surface area (Å²) in [4.78, 5) is 15.4. The van der Waals surface area contributed by atoms with Gasteiger partial charge in [0.15, 0.2) is 0 Å². The number of halogens is 1. The molecule has 4 rings (SSSR count). The fraction of sp³-hybridized carbons (Fsp3) is 0.364. The van der Waals surface area contributed by atoms with E-state index in [1.54, 1.807) is 12.1 Å². The zero-order chi connectivity index (χ0) is 22.2. The van der Waals surface area contributed by atoms with E-state index in [-0.39, 0.29) is 23.5 Å². The molecule has 3 aromatic rings. The van der Waals surface area contributed by atoms with Crippen molar-refractivity contribution in [2.75, 3.05) is 13.1 Å². The topological polar surface area (TPSA) is 81.5 Å². The number of fused-ring (bicyclic) bond motifs is 1. The van der Waals surface area contributed by atoms with Crippen molar-refractivity contribution in [3.05, 3.63) is 51.9 Å². The number of hydrogen-bond acceptors (Lipinski definition) is 5. The molecule has 1 atom stereocenters. The van der Waals surface area contributed by atoms with E-state index in [4.69, 9.17) is 4.74 Å². The number of hydrogen-bond donors (Lipinski definition) is 0. The van der Waals surface area contributed by atoms with Crippen LogP contribution in [0.3, 0.4) is 0 Å². The van der Waals surface area contributed by atoms with Crippen LogP contribution in [0.15, 0.2) is 47.6 Å². The molecule has 7 nitrogen and oxygen atoms in total. The number of ether oxygens (including phenoxy) is 1. The Hall–Kier alpha value is -1.98. The summed E-state index contributed by atoms with van der Waals surface area (Å²) in [5.41, 5.74) is 2.09. The maximum Gasteiger partial charge on any atom is 0.244 e. The van der Waals surface area contributed by atoms with Crippen LogP contribution in [0.5, 0.6) is 5.88 Å². The molecule has 1 aliphatic heterocycles. The standard InChI is InChI=1S/C22H24IN3O4S/c1-15(2)30-22-6-4-18(12-24-22)31(28,29)26-8-7-16(13-26)20-14-25(9-10-27)21-11-17(23)3-5-19(20)21/h3-6,10-12,14-16H,7-9,13H2,1-2H3. The highest BCUT2D eigenvalue weighted by Crippen LogP contribution is 2.36. The SMILES string of the molecule is CC(C)Oc1ccc(S(=O)(=O)N2CCC(c3cn(CC=O)c4cc(I)ccc34)C2)cn1. The van der Waals surface area contributed by atoms with Gasteiger partial charge in [-0.25, -0.2) is 13.4 Å². The van der Waals surface area contributed by atoms with Crippen LogP contribution in [0.25, 0.3) is 10.9 Å². The van der Waals surface area contributed by atoms with Gasteiger partial charge in [-0.1, -0.05) is 6.07 Å². The van der Waals surface area contributed by atoms with E-state index in [1.165, 1.54) is 10.5 Å². The minimum atomic E-state index is -3.64. The van der Waals surface area contributed by atoms with Crippen molar-refractivity contribution >= 4 is 49.8 Å². The fourth-order valence-electron chi connectivity index (χ4n) is 4.03. The van der Waals surface area contributed by atoms with Gasteiger partial charge in [-0.05, 0) is 66.6 Å². The lowest BCUT2D eigenvalue weighted by atomic mass is 9.98. The van der Waals surface area contributed by atoms with Crippen molar-refractivity contribution in [3.8, 4) is 5.88 Å². The van der Waals surface area contributed by atoms with Crippen molar-refractivity contribution in [3.63, 3.8) is 0 Å². The molecule has 0 amide bonds. The molecule has 0 bridgehead atoms. The maximum atomic E-state index is 13.2. The van der Waals surface area contributed by atoms with Gasteiger partial charge in [0.25, 0.3) is 0 Å². The highest BCUT2D eigenvalue weighted by atomic mass is 127. The van der Waals surface area contributed by atoms with E-state index in [2.05, 4.69) is 39.7 Å². The summed E-state index contributed by atoms with van der Waals surface area (Å²) in [7, 11) is -3.64. The van der Waals surface area contributed by atoms with Gasteiger partial charge < -0.3 is 14.1 Å². The lowest BCUT2D eigenvalue weighted by molar-refractivity contribution is -0.108. The van der Waals surface area contributed by atoms with E-state index < -0.39 is 10.0 Å². The summed E-state index contributed by atoms with van der Waals surface area (Å²) in [5, 5.41) is 1.07. The number of rotatable bonds is 7. The van der Waals surface area contributed by atoms with Gasteiger partial charge in [0, 0.05) is 45.7 Å². The Morgan fingerprint density at radius 2 is 2.10 bits per heavy atom. The van der Waals surface area contributed by atoms with Crippen LogP contribution in [0.1, 0.15) is 31.7 Å². The van der Waals surface area contributed by atoms with Gasteiger partial charge in [-0.15, -0.1) is 0 Å². The van der Waals surface area contributed by atoms with Crippen molar-refractivity contribution in [1.29, 1.82) is 0 Å². The van der Waals surface area contributed by atoms with Gasteiger partial charge in [0.1, 0.15) is 11.2 Å². The molecule has 31 heavy (non-hydrogen) atoms. The number of aromatic nitrogens is 2. The van der Waals surface area contributed by atoms with Crippen LogP contribution in [0.2, 0.25) is 0 Å². The van der Waals surface area contributed by atoms with Crippen molar-refractivity contribution in [2.45, 2.75) is 43.7 Å².